The Labute approximate surface area is 148 Å². The van der Waals surface area contributed by atoms with Crippen LogP contribution in [0.1, 0.15) is 25.5 Å². The minimum Gasteiger partial charge on any atom is -0.467 e. The number of carbonyl (C=O) groups excluding carboxylic acids is 1. The number of rotatable bonds is 5. The molecule has 0 radical (unpaired) electrons. The standard InChI is InChI=1S/C19H24N4O2/c1-14-7-6-10-23(12-14)19-20-15(2)11-18(22-19)25-13-17(24)21-16-8-4-3-5-9-16/h3-5,8-9,11,14H,6-7,10,12-13H2,1-2H3,(H,21,24). The molecule has 1 saturated heterocycles. The molecule has 1 aliphatic rings. The molecule has 1 amide bonds. The van der Waals surface area contributed by atoms with Gasteiger partial charge >= 0.3 is 0 Å². The van der Waals surface area contributed by atoms with Gasteiger partial charge in [0.25, 0.3) is 5.91 Å². The van der Waals surface area contributed by atoms with Crippen molar-refractivity contribution >= 4 is 17.5 Å². The third kappa shape index (κ3) is 4.92. The van der Waals surface area contributed by atoms with E-state index in [-0.39, 0.29) is 12.5 Å². The van der Waals surface area contributed by atoms with E-state index in [2.05, 4.69) is 27.1 Å². The lowest BCUT2D eigenvalue weighted by molar-refractivity contribution is -0.118. The van der Waals surface area contributed by atoms with Crippen LogP contribution in [0, 0.1) is 12.8 Å². The first kappa shape index (κ1) is 17.2. The third-order valence-electron chi connectivity index (χ3n) is 4.17. The van der Waals surface area contributed by atoms with Crippen molar-refractivity contribution in [2.75, 3.05) is 29.9 Å². The second-order valence-corrected chi connectivity index (χ2v) is 6.54. The number of ether oxygens (including phenoxy) is 1. The maximum absolute atomic E-state index is 12.0. The van der Waals surface area contributed by atoms with Crippen molar-refractivity contribution in [3.63, 3.8) is 0 Å². The Bertz CT molecular complexity index is 721. The second kappa shape index (κ2) is 7.96. The number of aryl methyl sites for hydroxylation is 1. The van der Waals surface area contributed by atoms with E-state index in [1.165, 1.54) is 6.42 Å². The molecule has 1 N–H and O–H groups in total. The summed E-state index contributed by atoms with van der Waals surface area (Å²) < 4.78 is 5.59. The summed E-state index contributed by atoms with van der Waals surface area (Å²) in [4.78, 5) is 23.2. The Morgan fingerprint density at radius 1 is 1.32 bits per heavy atom. The number of hydrogen-bond acceptors (Lipinski definition) is 5. The summed E-state index contributed by atoms with van der Waals surface area (Å²) in [6.45, 7) is 5.99. The van der Waals surface area contributed by atoms with Gasteiger partial charge in [0.05, 0.1) is 0 Å². The van der Waals surface area contributed by atoms with Crippen molar-refractivity contribution in [2.24, 2.45) is 5.92 Å². The average Bonchev–Trinajstić information content (AvgIpc) is 2.60. The van der Waals surface area contributed by atoms with Crippen LogP contribution in [0.4, 0.5) is 11.6 Å². The van der Waals surface area contributed by atoms with Crippen LogP contribution < -0.4 is 15.0 Å². The van der Waals surface area contributed by atoms with Crippen LogP contribution in [0.25, 0.3) is 0 Å². The lowest BCUT2D eigenvalue weighted by Gasteiger charge is -2.31. The summed E-state index contributed by atoms with van der Waals surface area (Å²) in [7, 11) is 0. The minimum absolute atomic E-state index is 0.0822. The van der Waals surface area contributed by atoms with Crippen LogP contribution in [-0.2, 0) is 4.79 Å². The van der Waals surface area contributed by atoms with Gasteiger partial charge in [-0.3, -0.25) is 4.79 Å². The largest absolute Gasteiger partial charge is 0.467 e. The summed E-state index contributed by atoms with van der Waals surface area (Å²) >= 11 is 0. The predicted molar refractivity (Wildman–Crippen MR) is 97.9 cm³/mol. The lowest BCUT2D eigenvalue weighted by Crippen LogP contribution is -2.35. The van der Waals surface area contributed by atoms with Crippen LogP contribution in [0.5, 0.6) is 5.88 Å². The first-order valence-electron chi connectivity index (χ1n) is 8.68. The number of nitrogens with one attached hydrogen (secondary N) is 1. The van der Waals surface area contributed by atoms with Gasteiger partial charge in [0.15, 0.2) is 6.61 Å². The molecule has 6 heteroatoms. The van der Waals surface area contributed by atoms with E-state index in [1.807, 2.05) is 37.3 Å². The number of para-hydroxylation sites is 1. The van der Waals surface area contributed by atoms with Gasteiger partial charge in [0, 0.05) is 30.5 Å². The molecule has 3 rings (SSSR count). The van der Waals surface area contributed by atoms with Crippen molar-refractivity contribution in [3.05, 3.63) is 42.1 Å². The number of benzene rings is 1. The minimum atomic E-state index is -0.212. The Kier molecular flexibility index (Phi) is 5.48. The first-order valence-corrected chi connectivity index (χ1v) is 8.68. The zero-order valence-electron chi connectivity index (χ0n) is 14.7. The van der Waals surface area contributed by atoms with Crippen molar-refractivity contribution in [3.8, 4) is 5.88 Å². The Balaban J connectivity index is 1.61. The van der Waals surface area contributed by atoms with Crippen molar-refractivity contribution in [1.29, 1.82) is 0 Å². The fraction of sp³-hybridized carbons (Fsp3) is 0.421. The van der Waals surface area contributed by atoms with Gasteiger partial charge in [-0.2, -0.15) is 4.98 Å². The Hall–Kier alpha value is -2.63. The van der Waals surface area contributed by atoms with Gasteiger partial charge < -0.3 is 15.0 Å². The molecule has 0 spiro atoms. The van der Waals surface area contributed by atoms with Crippen LogP contribution in [0.2, 0.25) is 0 Å². The molecule has 0 saturated carbocycles. The van der Waals surface area contributed by atoms with Crippen molar-refractivity contribution < 1.29 is 9.53 Å². The van der Waals surface area contributed by atoms with Gasteiger partial charge in [0.2, 0.25) is 11.8 Å². The SMILES string of the molecule is Cc1cc(OCC(=O)Nc2ccccc2)nc(N2CCCC(C)C2)n1. The molecule has 2 heterocycles. The van der Waals surface area contributed by atoms with E-state index in [4.69, 9.17) is 4.74 Å². The highest BCUT2D eigenvalue weighted by Crippen LogP contribution is 2.22. The highest BCUT2D eigenvalue weighted by Gasteiger charge is 2.19. The van der Waals surface area contributed by atoms with E-state index in [0.717, 1.165) is 30.9 Å². The fourth-order valence-corrected chi connectivity index (χ4v) is 2.97. The highest BCUT2D eigenvalue weighted by atomic mass is 16.5. The number of anilines is 2. The number of amides is 1. The number of piperidine rings is 1. The molecular formula is C19H24N4O2. The van der Waals surface area contributed by atoms with Crippen LogP contribution in [-0.4, -0.2) is 35.6 Å². The van der Waals surface area contributed by atoms with E-state index in [9.17, 15) is 4.79 Å². The van der Waals surface area contributed by atoms with Gasteiger partial charge in [-0.15, -0.1) is 0 Å². The molecule has 1 aromatic carbocycles. The zero-order valence-corrected chi connectivity index (χ0v) is 14.7. The van der Waals surface area contributed by atoms with Crippen LogP contribution in [0.3, 0.4) is 0 Å². The number of carbonyl (C=O) groups is 1. The molecule has 0 aliphatic carbocycles. The van der Waals surface area contributed by atoms with Gasteiger partial charge in [-0.1, -0.05) is 25.1 Å². The smallest absolute Gasteiger partial charge is 0.262 e. The average molecular weight is 340 g/mol. The fourth-order valence-electron chi connectivity index (χ4n) is 2.97. The monoisotopic (exact) mass is 340 g/mol. The maximum atomic E-state index is 12.0. The molecule has 1 fully saturated rings. The quantitative estimate of drug-likeness (QED) is 0.906. The van der Waals surface area contributed by atoms with Crippen LogP contribution >= 0.6 is 0 Å². The maximum Gasteiger partial charge on any atom is 0.262 e. The molecule has 1 aromatic heterocycles. The van der Waals surface area contributed by atoms with Crippen LogP contribution in [0.15, 0.2) is 36.4 Å². The summed E-state index contributed by atoms with van der Waals surface area (Å²) in [5, 5.41) is 2.79. The second-order valence-electron chi connectivity index (χ2n) is 6.54. The van der Waals surface area contributed by atoms with E-state index in [0.29, 0.717) is 17.7 Å². The summed E-state index contributed by atoms with van der Waals surface area (Å²) in [6, 6.07) is 11.1. The molecule has 0 bridgehead atoms. The predicted octanol–water partition coefficient (Wildman–Crippen LogP) is 3.04. The molecule has 132 valence electrons. The van der Waals surface area contributed by atoms with Crippen molar-refractivity contribution in [1.82, 2.24) is 9.97 Å². The summed E-state index contributed by atoms with van der Waals surface area (Å²) in [6.07, 6.45) is 2.39. The highest BCUT2D eigenvalue weighted by molar-refractivity contribution is 5.91. The van der Waals surface area contributed by atoms with E-state index < -0.39 is 0 Å². The van der Waals surface area contributed by atoms with Crippen molar-refractivity contribution in [2.45, 2.75) is 26.7 Å². The van der Waals surface area contributed by atoms with Gasteiger partial charge in [0.1, 0.15) is 0 Å². The molecule has 1 atom stereocenters. The normalized spacial score (nSPS) is 17.2. The topological polar surface area (TPSA) is 67.3 Å². The molecule has 1 unspecified atom stereocenters. The zero-order chi connectivity index (χ0) is 17.6. The van der Waals surface area contributed by atoms with E-state index in [1.54, 1.807) is 6.07 Å². The molecule has 1 aliphatic heterocycles. The first-order chi connectivity index (χ1) is 12.1. The summed E-state index contributed by atoms with van der Waals surface area (Å²) in [5.74, 6) is 1.54. The number of nitrogens with zero attached hydrogens (tertiary/aromatic N) is 3. The van der Waals surface area contributed by atoms with Gasteiger partial charge in [-0.25, -0.2) is 4.98 Å². The molecule has 25 heavy (non-hydrogen) atoms. The summed E-state index contributed by atoms with van der Waals surface area (Å²) in [5.41, 5.74) is 1.58. The Morgan fingerprint density at radius 3 is 2.88 bits per heavy atom. The number of hydrogen-bond donors (Lipinski definition) is 1. The lowest BCUT2D eigenvalue weighted by atomic mass is 10.0. The number of aromatic nitrogens is 2. The van der Waals surface area contributed by atoms with E-state index >= 15 is 0 Å². The third-order valence-corrected chi connectivity index (χ3v) is 4.17. The molecule has 6 nitrogen and oxygen atoms in total. The Morgan fingerprint density at radius 2 is 2.12 bits per heavy atom. The molecular weight excluding hydrogens is 316 g/mol. The molecule has 2 aromatic rings. The van der Waals surface area contributed by atoms with Gasteiger partial charge in [-0.05, 0) is 37.8 Å².